The van der Waals surface area contributed by atoms with Gasteiger partial charge in [0.25, 0.3) is 0 Å². The highest BCUT2D eigenvalue weighted by Gasteiger charge is 2.09. The Bertz CT molecular complexity index is 184. The minimum atomic E-state index is 0. The van der Waals surface area contributed by atoms with Gasteiger partial charge in [-0.05, 0) is 17.4 Å². The average Bonchev–Trinajstić information content (AvgIpc) is 2.36. The van der Waals surface area contributed by atoms with E-state index in [1.807, 2.05) is 6.07 Å². The third-order valence-corrected chi connectivity index (χ3v) is 2.56. The van der Waals surface area contributed by atoms with Crippen molar-refractivity contribution >= 4 is 28.3 Å². The fourth-order valence-corrected chi connectivity index (χ4v) is 1.71. The van der Waals surface area contributed by atoms with E-state index in [2.05, 4.69) is 25.3 Å². The first kappa shape index (κ1) is 11.1. The van der Waals surface area contributed by atoms with E-state index in [9.17, 15) is 0 Å². The quantitative estimate of drug-likeness (QED) is 0.839. The molecule has 0 fully saturated rings. The van der Waals surface area contributed by atoms with E-state index in [1.54, 1.807) is 11.3 Å². The molecule has 1 aromatic rings. The molecule has 11 heavy (non-hydrogen) atoms. The standard InChI is InChI=1S/C8H13NS.BrH/c1-6(2)8(9)7-4-3-5-10-7;/h3-6,8H,9H2,1-2H3;1H. The summed E-state index contributed by atoms with van der Waals surface area (Å²) in [5.74, 6) is 0.540. The van der Waals surface area contributed by atoms with Crippen LogP contribution in [0.5, 0.6) is 0 Å². The van der Waals surface area contributed by atoms with E-state index in [-0.39, 0.29) is 23.0 Å². The van der Waals surface area contributed by atoms with Crippen LogP contribution >= 0.6 is 28.3 Å². The zero-order valence-electron chi connectivity index (χ0n) is 6.78. The lowest BCUT2D eigenvalue weighted by Gasteiger charge is -2.12. The van der Waals surface area contributed by atoms with Crippen LogP contribution in [-0.2, 0) is 0 Å². The minimum Gasteiger partial charge on any atom is -0.323 e. The Morgan fingerprint density at radius 1 is 1.45 bits per heavy atom. The molecule has 2 N–H and O–H groups in total. The van der Waals surface area contributed by atoms with Gasteiger partial charge in [0.05, 0.1) is 0 Å². The fourth-order valence-electron chi connectivity index (χ4n) is 0.809. The monoisotopic (exact) mass is 235 g/mol. The van der Waals surface area contributed by atoms with Crippen LogP contribution in [0.3, 0.4) is 0 Å². The predicted octanol–water partition coefficient (Wildman–Crippen LogP) is 2.98. The molecular formula is C8H14BrNS. The molecule has 1 atom stereocenters. The molecular weight excluding hydrogens is 222 g/mol. The van der Waals surface area contributed by atoms with Crippen molar-refractivity contribution in [3.63, 3.8) is 0 Å². The molecule has 0 amide bonds. The number of hydrogen-bond acceptors (Lipinski definition) is 2. The van der Waals surface area contributed by atoms with E-state index < -0.39 is 0 Å². The molecule has 1 nitrogen and oxygen atoms in total. The Morgan fingerprint density at radius 2 is 2.09 bits per heavy atom. The summed E-state index contributed by atoms with van der Waals surface area (Å²) in [7, 11) is 0. The molecule has 0 aliphatic carbocycles. The van der Waals surface area contributed by atoms with Crippen molar-refractivity contribution in [3.05, 3.63) is 22.4 Å². The molecule has 1 unspecified atom stereocenters. The summed E-state index contributed by atoms with van der Waals surface area (Å²) >= 11 is 1.73. The fraction of sp³-hybridized carbons (Fsp3) is 0.500. The highest BCUT2D eigenvalue weighted by Crippen LogP contribution is 2.22. The lowest BCUT2D eigenvalue weighted by atomic mass is 10.0. The van der Waals surface area contributed by atoms with Crippen LogP contribution < -0.4 is 5.73 Å². The second-order valence-electron chi connectivity index (χ2n) is 2.79. The Balaban J connectivity index is 0.000001000. The van der Waals surface area contributed by atoms with Crippen molar-refractivity contribution in [1.29, 1.82) is 0 Å². The van der Waals surface area contributed by atoms with Gasteiger partial charge in [-0.25, -0.2) is 0 Å². The van der Waals surface area contributed by atoms with E-state index in [0.717, 1.165) is 0 Å². The van der Waals surface area contributed by atoms with Crippen LogP contribution in [0.2, 0.25) is 0 Å². The molecule has 3 heteroatoms. The SMILES string of the molecule is Br.CC(C)C(N)c1cccs1. The van der Waals surface area contributed by atoms with Crippen molar-refractivity contribution in [1.82, 2.24) is 0 Å². The van der Waals surface area contributed by atoms with Gasteiger partial charge in [0.15, 0.2) is 0 Å². The van der Waals surface area contributed by atoms with Crippen molar-refractivity contribution in [3.8, 4) is 0 Å². The van der Waals surface area contributed by atoms with Gasteiger partial charge < -0.3 is 5.73 Å². The van der Waals surface area contributed by atoms with Crippen LogP contribution in [-0.4, -0.2) is 0 Å². The first-order valence-electron chi connectivity index (χ1n) is 3.51. The van der Waals surface area contributed by atoms with E-state index >= 15 is 0 Å². The summed E-state index contributed by atoms with van der Waals surface area (Å²) in [4.78, 5) is 1.29. The number of halogens is 1. The summed E-state index contributed by atoms with van der Waals surface area (Å²) < 4.78 is 0. The maximum absolute atomic E-state index is 5.89. The van der Waals surface area contributed by atoms with Crippen LogP contribution in [0.1, 0.15) is 24.8 Å². The molecule has 0 aromatic carbocycles. The summed E-state index contributed by atoms with van der Waals surface area (Å²) in [6.07, 6.45) is 0. The first-order valence-corrected chi connectivity index (χ1v) is 4.38. The van der Waals surface area contributed by atoms with Crippen LogP contribution in [0, 0.1) is 5.92 Å². The molecule has 64 valence electrons. The van der Waals surface area contributed by atoms with Gasteiger partial charge in [-0.3, -0.25) is 0 Å². The molecule has 1 heterocycles. The normalized spacial score (nSPS) is 12.7. The summed E-state index contributed by atoms with van der Waals surface area (Å²) in [5, 5.41) is 2.07. The van der Waals surface area contributed by atoms with Crippen molar-refractivity contribution in [2.24, 2.45) is 11.7 Å². The highest BCUT2D eigenvalue weighted by atomic mass is 79.9. The van der Waals surface area contributed by atoms with Gasteiger partial charge in [-0.1, -0.05) is 19.9 Å². The van der Waals surface area contributed by atoms with Crippen LogP contribution in [0.15, 0.2) is 17.5 Å². The number of hydrogen-bond donors (Lipinski definition) is 1. The molecule has 0 aliphatic heterocycles. The molecule has 0 aliphatic rings. The van der Waals surface area contributed by atoms with Gasteiger partial charge in [0, 0.05) is 10.9 Å². The second-order valence-corrected chi connectivity index (χ2v) is 3.76. The zero-order valence-corrected chi connectivity index (χ0v) is 9.31. The minimum absolute atomic E-state index is 0. The smallest absolute Gasteiger partial charge is 0.0413 e. The van der Waals surface area contributed by atoms with Crippen LogP contribution in [0.4, 0.5) is 0 Å². The summed E-state index contributed by atoms with van der Waals surface area (Å²) in [5.41, 5.74) is 5.89. The van der Waals surface area contributed by atoms with Crippen molar-refractivity contribution in [2.75, 3.05) is 0 Å². The molecule has 1 aromatic heterocycles. The maximum Gasteiger partial charge on any atom is 0.0413 e. The predicted molar refractivity (Wildman–Crippen MR) is 56.4 cm³/mol. The number of thiophene rings is 1. The third kappa shape index (κ3) is 2.93. The van der Waals surface area contributed by atoms with Crippen LogP contribution in [0.25, 0.3) is 0 Å². The Hall–Kier alpha value is 0.140. The Labute approximate surface area is 82.4 Å². The molecule has 0 spiro atoms. The lowest BCUT2D eigenvalue weighted by molar-refractivity contribution is 0.521. The van der Waals surface area contributed by atoms with Crippen molar-refractivity contribution in [2.45, 2.75) is 19.9 Å². The largest absolute Gasteiger partial charge is 0.323 e. The molecule has 0 saturated carbocycles. The topological polar surface area (TPSA) is 26.0 Å². The van der Waals surface area contributed by atoms with Crippen molar-refractivity contribution < 1.29 is 0 Å². The Kier molecular flexibility index (Phi) is 4.97. The zero-order chi connectivity index (χ0) is 7.56. The maximum atomic E-state index is 5.89. The summed E-state index contributed by atoms with van der Waals surface area (Å²) in [6.45, 7) is 4.29. The third-order valence-electron chi connectivity index (χ3n) is 1.59. The van der Waals surface area contributed by atoms with Gasteiger partial charge in [0.2, 0.25) is 0 Å². The highest BCUT2D eigenvalue weighted by molar-refractivity contribution is 8.93. The Morgan fingerprint density at radius 3 is 2.45 bits per heavy atom. The first-order chi connectivity index (χ1) is 4.72. The van der Waals surface area contributed by atoms with Gasteiger partial charge >= 0.3 is 0 Å². The lowest BCUT2D eigenvalue weighted by Crippen LogP contribution is -2.14. The molecule has 1 rings (SSSR count). The van der Waals surface area contributed by atoms with E-state index in [1.165, 1.54) is 4.88 Å². The van der Waals surface area contributed by atoms with E-state index in [4.69, 9.17) is 5.73 Å². The van der Waals surface area contributed by atoms with E-state index in [0.29, 0.717) is 5.92 Å². The van der Waals surface area contributed by atoms with Gasteiger partial charge in [-0.2, -0.15) is 0 Å². The van der Waals surface area contributed by atoms with Gasteiger partial charge in [0.1, 0.15) is 0 Å². The molecule has 0 bridgehead atoms. The summed E-state index contributed by atoms with van der Waals surface area (Å²) in [6, 6.07) is 4.36. The van der Waals surface area contributed by atoms with Gasteiger partial charge in [-0.15, -0.1) is 28.3 Å². The molecule has 0 saturated heterocycles. The second kappa shape index (κ2) is 4.91. The number of rotatable bonds is 2. The average molecular weight is 236 g/mol. The number of nitrogens with two attached hydrogens (primary N) is 1. The molecule has 0 radical (unpaired) electrons.